The van der Waals surface area contributed by atoms with E-state index in [2.05, 4.69) is 15.0 Å². The summed E-state index contributed by atoms with van der Waals surface area (Å²) >= 11 is 1.22. The normalized spacial score (nSPS) is 12.7. The second-order valence-corrected chi connectivity index (χ2v) is 9.94. The summed E-state index contributed by atoms with van der Waals surface area (Å²) < 4.78 is 25.4. The molecule has 0 bridgehead atoms. The largest absolute Gasteiger partial charge is 0.236 e. The number of aryl methyl sites for hydroxylation is 1. The molecule has 24 heavy (non-hydrogen) atoms. The summed E-state index contributed by atoms with van der Waals surface area (Å²) in [5, 5.41) is 0.933. The van der Waals surface area contributed by atoms with Gasteiger partial charge < -0.3 is 0 Å². The molecule has 0 atom stereocenters. The van der Waals surface area contributed by atoms with E-state index in [1.807, 2.05) is 52.0 Å². The summed E-state index contributed by atoms with van der Waals surface area (Å²) in [7, 11) is -3.56. The first-order valence-corrected chi connectivity index (χ1v) is 10.0. The summed E-state index contributed by atoms with van der Waals surface area (Å²) in [6.45, 7) is 7.97. The van der Waals surface area contributed by atoms with Crippen LogP contribution in [0.4, 0.5) is 0 Å². The summed E-state index contributed by atoms with van der Waals surface area (Å²) in [4.78, 5) is 13.8. The van der Waals surface area contributed by atoms with Gasteiger partial charge in [0, 0.05) is 22.2 Å². The lowest BCUT2D eigenvalue weighted by atomic mass is 9.96. The van der Waals surface area contributed by atoms with Gasteiger partial charge in [-0.3, -0.25) is 0 Å². The van der Waals surface area contributed by atoms with Crippen LogP contribution in [0.25, 0.3) is 10.9 Å². The Balaban J connectivity index is 1.96. The number of hydrogen-bond acceptors (Lipinski definition) is 6. The Hall–Kier alpha value is -1.86. The molecule has 0 spiro atoms. The van der Waals surface area contributed by atoms with Crippen molar-refractivity contribution in [3.8, 4) is 0 Å². The van der Waals surface area contributed by atoms with Gasteiger partial charge in [0.05, 0.1) is 5.52 Å². The van der Waals surface area contributed by atoms with Gasteiger partial charge >= 0.3 is 0 Å². The molecule has 0 N–H and O–H groups in total. The predicted molar refractivity (Wildman–Crippen MR) is 96.0 cm³/mol. The molecule has 0 saturated heterocycles. The number of sulfone groups is 1. The standard InChI is InChI=1S/C17H19N3O2S2/c1-11-12-7-5-6-8-13(12)20-15(19-11)10-24(21,22)16-18-9-14(23-16)17(2,3)4/h5-9H,10H2,1-4H3. The first-order chi connectivity index (χ1) is 11.2. The van der Waals surface area contributed by atoms with Crippen molar-refractivity contribution in [1.82, 2.24) is 15.0 Å². The monoisotopic (exact) mass is 361 g/mol. The summed E-state index contributed by atoms with van der Waals surface area (Å²) in [5.74, 6) is 0.0641. The van der Waals surface area contributed by atoms with E-state index >= 15 is 0 Å². The topological polar surface area (TPSA) is 72.8 Å². The number of benzene rings is 1. The van der Waals surface area contributed by atoms with Crippen LogP contribution < -0.4 is 0 Å². The molecule has 0 aliphatic rings. The van der Waals surface area contributed by atoms with Crippen LogP contribution >= 0.6 is 11.3 Å². The zero-order valence-corrected chi connectivity index (χ0v) is 15.7. The number of aromatic nitrogens is 3. The lowest BCUT2D eigenvalue weighted by Gasteiger charge is -2.14. The lowest BCUT2D eigenvalue weighted by molar-refractivity contribution is 0.592. The molecule has 7 heteroatoms. The van der Waals surface area contributed by atoms with Gasteiger partial charge in [0.2, 0.25) is 14.2 Å². The van der Waals surface area contributed by atoms with Crippen LogP contribution in [-0.4, -0.2) is 23.4 Å². The second-order valence-electron chi connectivity index (χ2n) is 6.74. The smallest absolute Gasteiger partial charge is 0.212 e. The highest BCUT2D eigenvalue weighted by Crippen LogP contribution is 2.30. The molecule has 0 radical (unpaired) electrons. The molecule has 0 aliphatic carbocycles. The fraction of sp³-hybridized carbons (Fsp3) is 0.353. The van der Waals surface area contributed by atoms with Crippen molar-refractivity contribution in [1.29, 1.82) is 0 Å². The molecule has 0 aliphatic heterocycles. The highest BCUT2D eigenvalue weighted by molar-refractivity contribution is 7.92. The highest BCUT2D eigenvalue weighted by Gasteiger charge is 2.25. The van der Waals surface area contributed by atoms with Gasteiger partial charge in [-0.2, -0.15) is 0 Å². The van der Waals surface area contributed by atoms with E-state index in [-0.39, 0.29) is 15.5 Å². The molecule has 126 valence electrons. The molecular formula is C17H19N3O2S2. The molecule has 3 rings (SSSR count). The van der Waals surface area contributed by atoms with Crippen LogP contribution in [0.3, 0.4) is 0 Å². The zero-order valence-electron chi connectivity index (χ0n) is 14.1. The lowest BCUT2D eigenvalue weighted by Crippen LogP contribution is -2.09. The maximum absolute atomic E-state index is 12.7. The minimum atomic E-state index is -3.56. The molecular weight excluding hydrogens is 342 g/mol. The first-order valence-electron chi connectivity index (χ1n) is 7.58. The first kappa shape index (κ1) is 17.0. The maximum Gasteiger partial charge on any atom is 0.212 e. The Bertz CT molecular complexity index is 1000. The van der Waals surface area contributed by atoms with Crippen LogP contribution in [0.5, 0.6) is 0 Å². The van der Waals surface area contributed by atoms with Crippen molar-refractivity contribution in [2.24, 2.45) is 0 Å². The van der Waals surface area contributed by atoms with Crippen molar-refractivity contribution in [2.45, 2.75) is 43.2 Å². The van der Waals surface area contributed by atoms with Crippen LogP contribution in [0.1, 0.15) is 37.2 Å². The molecule has 0 fully saturated rings. The number of hydrogen-bond donors (Lipinski definition) is 0. The van der Waals surface area contributed by atoms with Crippen molar-refractivity contribution in [3.63, 3.8) is 0 Å². The Morgan fingerprint density at radius 3 is 2.50 bits per heavy atom. The van der Waals surface area contributed by atoms with E-state index < -0.39 is 9.84 Å². The van der Waals surface area contributed by atoms with Crippen LogP contribution in [-0.2, 0) is 21.0 Å². The fourth-order valence-electron chi connectivity index (χ4n) is 2.34. The average Bonchev–Trinajstić information content (AvgIpc) is 2.97. The van der Waals surface area contributed by atoms with E-state index in [0.29, 0.717) is 5.82 Å². The van der Waals surface area contributed by atoms with Gasteiger partial charge in [-0.05, 0) is 18.4 Å². The van der Waals surface area contributed by atoms with Crippen LogP contribution in [0.2, 0.25) is 0 Å². The molecule has 0 saturated carbocycles. The number of rotatable bonds is 3. The van der Waals surface area contributed by atoms with E-state index in [4.69, 9.17) is 0 Å². The number of fused-ring (bicyclic) bond motifs is 1. The second kappa shape index (κ2) is 5.89. The van der Waals surface area contributed by atoms with Crippen molar-refractivity contribution < 1.29 is 8.42 Å². The third-order valence-electron chi connectivity index (χ3n) is 3.65. The summed E-state index contributed by atoms with van der Waals surface area (Å²) in [6.07, 6.45) is 1.64. The number of thiazole rings is 1. The Morgan fingerprint density at radius 1 is 1.12 bits per heavy atom. The van der Waals surface area contributed by atoms with Crippen LogP contribution in [0, 0.1) is 6.92 Å². The van der Waals surface area contributed by atoms with Gasteiger partial charge in [0.15, 0.2) is 0 Å². The Morgan fingerprint density at radius 2 is 1.83 bits per heavy atom. The van der Waals surface area contributed by atoms with Gasteiger partial charge in [0.25, 0.3) is 0 Å². The van der Waals surface area contributed by atoms with E-state index in [1.54, 1.807) is 6.20 Å². The zero-order chi connectivity index (χ0) is 17.5. The molecule has 1 aromatic carbocycles. The minimum Gasteiger partial charge on any atom is -0.236 e. The number of para-hydroxylation sites is 1. The van der Waals surface area contributed by atoms with Gasteiger partial charge in [0.1, 0.15) is 11.6 Å². The third kappa shape index (κ3) is 3.32. The molecule has 0 unspecified atom stereocenters. The summed E-state index contributed by atoms with van der Waals surface area (Å²) in [6, 6.07) is 7.59. The molecule has 0 amide bonds. The predicted octanol–water partition coefficient (Wildman–Crippen LogP) is 3.67. The van der Waals surface area contributed by atoms with Crippen molar-refractivity contribution >= 4 is 32.1 Å². The van der Waals surface area contributed by atoms with Crippen molar-refractivity contribution in [2.75, 3.05) is 0 Å². The third-order valence-corrected chi connectivity index (χ3v) is 7.15. The Labute approximate surface area is 145 Å². The minimum absolute atomic E-state index is 0.124. The fourth-order valence-corrected chi connectivity index (χ4v) is 4.80. The SMILES string of the molecule is Cc1nc(CS(=O)(=O)c2ncc(C(C)(C)C)s2)nc2ccccc12. The summed E-state index contributed by atoms with van der Waals surface area (Å²) in [5.41, 5.74) is 1.41. The number of nitrogens with zero attached hydrogens (tertiary/aromatic N) is 3. The molecule has 3 aromatic rings. The quantitative estimate of drug-likeness (QED) is 0.712. The van der Waals surface area contributed by atoms with E-state index in [1.165, 1.54) is 11.3 Å². The highest BCUT2D eigenvalue weighted by atomic mass is 32.2. The molecule has 2 heterocycles. The van der Waals surface area contributed by atoms with Crippen molar-refractivity contribution in [3.05, 3.63) is 46.9 Å². The maximum atomic E-state index is 12.7. The van der Waals surface area contributed by atoms with E-state index in [0.717, 1.165) is 21.5 Å². The van der Waals surface area contributed by atoms with Crippen LogP contribution in [0.15, 0.2) is 34.8 Å². The molecule has 2 aromatic heterocycles. The molecule has 5 nitrogen and oxygen atoms in total. The van der Waals surface area contributed by atoms with Gasteiger partial charge in [-0.25, -0.2) is 23.4 Å². The van der Waals surface area contributed by atoms with Gasteiger partial charge in [-0.15, -0.1) is 11.3 Å². The van der Waals surface area contributed by atoms with E-state index in [9.17, 15) is 8.42 Å². The average molecular weight is 361 g/mol. The Kier molecular flexibility index (Phi) is 4.17. The van der Waals surface area contributed by atoms with Gasteiger partial charge in [-0.1, -0.05) is 39.0 Å².